The van der Waals surface area contributed by atoms with Crippen molar-refractivity contribution in [3.05, 3.63) is 40.3 Å². The molecule has 2 aromatic heterocycles. The quantitative estimate of drug-likeness (QED) is 0.563. The number of hydrogen-bond donors (Lipinski definition) is 0. The van der Waals surface area contributed by atoms with Gasteiger partial charge in [-0.15, -0.1) is 11.3 Å². The Balaban J connectivity index is 2.02. The predicted molar refractivity (Wildman–Crippen MR) is 108 cm³/mol. The molecule has 0 N–H and O–H groups in total. The predicted octanol–water partition coefficient (Wildman–Crippen LogP) is 3.48. The minimum Gasteiger partial charge on any atom is -0.493 e. The molecule has 2 heterocycles. The average molecular weight is 402 g/mol. The first-order valence-corrected chi connectivity index (χ1v) is 9.75. The van der Waals surface area contributed by atoms with E-state index < -0.39 is 5.97 Å². The van der Waals surface area contributed by atoms with E-state index in [2.05, 4.69) is 4.98 Å². The molecular formula is C20H22N2O5S. The van der Waals surface area contributed by atoms with Crippen LogP contribution < -0.4 is 15.0 Å². The number of methoxy groups -OCH3 is 2. The van der Waals surface area contributed by atoms with Gasteiger partial charge in [-0.2, -0.15) is 0 Å². The lowest BCUT2D eigenvalue weighted by molar-refractivity contribution is -0.149. The van der Waals surface area contributed by atoms with Crippen molar-refractivity contribution >= 4 is 27.5 Å². The Morgan fingerprint density at radius 2 is 2.00 bits per heavy atom. The van der Waals surface area contributed by atoms with Crippen LogP contribution in [0, 0.1) is 0 Å². The van der Waals surface area contributed by atoms with Crippen molar-refractivity contribution in [2.45, 2.75) is 32.9 Å². The van der Waals surface area contributed by atoms with Crippen molar-refractivity contribution in [3.8, 4) is 22.6 Å². The zero-order valence-corrected chi connectivity index (χ0v) is 17.0. The van der Waals surface area contributed by atoms with Gasteiger partial charge in [0.25, 0.3) is 5.56 Å². The molecule has 1 unspecified atom stereocenters. The van der Waals surface area contributed by atoms with Crippen LogP contribution in [0.3, 0.4) is 0 Å². The molecule has 0 saturated carbocycles. The molecule has 0 aliphatic heterocycles. The summed E-state index contributed by atoms with van der Waals surface area (Å²) >= 11 is 1.38. The van der Waals surface area contributed by atoms with Gasteiger partial charge in [0.05, 0.1) is 32.0 Å². The summed E-state index contributed by atoms with van der Waals surface area (Å²) in [5, 5.41) is 2.35. The molecule has 0 aliphatic rings. The van der Waals surface area contributed by atoms with E-state index in [1.165, 1.54) is 22.2 Å². The van der Waals surface area contributed by atoms with Crippen molar-refractivity contribution in [2.75, 3.05) is 14.2 Å². The zero-order valence-electron chi connectivity index (χ0n) is 16.2. The third-order valence-electron chi connectivity index (χ3n) is 4.46. The topological polar surface area (TPSA) is 79.7 Å². The van der Waals surface area contributed by atoms with Gasteiger partial charge in [0.15, 0.2) is 11.5 Å². The number of benzene rings is 1. The van der Waals surface area contributed by atoms with Crippen molar-refractivity contribution < 1.29 is 19.0 Å². The van der Waals surface area contributed by atoms with E-state index in [-0.39, 0.29) is 18.2 Å². The minimum atomic E-state index is -0.458. The second kappa shape index (κ2) is 8.43. The standard InChI is InChI=1S/C20H22N2O5S/c1-5-12(2)27-17(23)9-22-11-21-19-18(20(22)24)14(10-28-19)13-6-7-15(25-3)16(8-13)26-4/h6-8,10-12H,5,9H2,1-4H3. The van der Waals surface area contributed by atoms with Crippen molar-refractivity contribution in [3.63, 3.8) is 0 Å². The lowest BCUT2D eigenvalue weighted by Gasteiger charge is -2.12. The summed E-state index contributed by atoms with van der Waals surface area (Å²) in [6.07, 6.45) is 1.91. The molecule has 8 heteroatoms. The number of hydrogen-bond acceptors (Lipinski definition) is 7. The van der Waals surface area contributed by atoms with Crippen LogP contribution in [0.15, 0.2) is 34.7 Å². The van der Waals surface area contributed by atoms with Crippen LogP contribution in [0.25, 0.3) is 21.3 Å². The van der Waals surface area contributed by atoms with Gasteiger partial charge in [0, 0.05) is 10.9 Å². The van der Waals surface area contributed by atoms with Crippen LogP contribution in [0.1, 0.15) is 20.3 Å². The summed E-state index contributed by atoms with van der Waals surface area (Å²) in [6, 6.07) is 5.46. The van der Waals surface area contributed by atoms with Gasteiger partial charge in [-0.05, 0) is 31.0 Å². The highest BCUT2D eigenvalue weighted by atomic mass is 32.1. The largest absolute Gasteiger partial charge is 0.493 e. The third-order valence-corrected chi connectivity index (χ3v) is 5.35. The molecular weight excluding hydrogens is 380 g/mol. The van der Waals surface area contributed by atoms with Crippen molar-refractivity contribution in [1.29, 1.82) is 0 Å². The number of carbonyl (C=O) groups excluding carboxylic acids is 1. The number of carbonyl (C=O) groups is 1. The first-order chi connectivity index (χ1) is 13.5. The van der Waals surface area contributed by atoms with Crippen LogP contribution in [0.2, 0.25) is 0 Å². The number of rotatable bonds is 7. The molecule has 0 spiro atoms. The fourth-order valence-electron chi connectivity index (χ4n) is 2.78. The maximum atomic E-state index is 13.0. The number of fused-ring (bicyclic) bond motifs is 1. The molecule has 1 aromatic carbocycles. The molecule has 0 bridgehead atoms. The first-order valence-electron chi connectivity index (χ1n) is 8.87. The molecule has 0 aliphatic carbocycles. The second-order valence-corrected chi connectivity index (χ2v) is 7.14. The van der Waals surface area contributed by atoms with Gasteiger partial charge in [-0.25, -0.2) is 4.98 Å². The molecule has 0 amide bonds. The molecule has 28 heavy (non-hydrogen) atoms. The molecule has 0 radical (unpaired) electrons. The summed E-state index contributed by atoms with van der Waals surface area (Å²) in [5.41, 5.74) is 1.27. The highest BCUT2D eigenvalue weighted by Gasteiger charge is 2.17. The molecule has 0 fully saturated rings. The Bertz CT molecular complexity index is 1060. The fourth-order valence-corrected chi connectivity index (χ4v) is 3.69. The normalized spacial score (nSPS) is 12.0. The lowest BCUT2D eigenvalue weighted by Crippen LogP contribution is -2.27. The monoisotopic (exact) mass is 402 g/mol. The van der Waals surface area contributed by atoms with Gasteiger partial charge in [0.2, 0.25) is 0 Å². The molecule has 7 nitrogen and oxygen atoms in total. The average Bonchev–Trinajstić information content (AvgIpc) is 3.14. The molecule has 0 saturated heterocycles. The highest BCUT2D eigenvalue weighted by Crippen LogP contribution is 2.36. The lowest BCUT2D eigenvalue weighted by atomic mass is 10.1. The number of nitrogens with zero attached hydrogens (tertiary/aromatic N) is 2. The van der Waals surface area contributed by atoms with Gasteiger partial charge < -0.3 is 14.2 Å². The summed E-state index contributed by atoms with van der Waals surface area (Å²) < 4.78 is 17.2. The van der Waals surface area contributed by atoms with E-state index >= 15 is 0 Å². The Kier molecular flexibility index (Phi) is 5.99. The summed E-state index contributed by atoms with van der Waals surface area (Å²) in [6.45, 7) is 3.57. The van der Waals surface area contributed by atoms with Crippen molar-refractivity contribution in [2.24, 2.45) is 0 Å². The van der Waals surface area contributed by atoms with Gasteiger partial charge in [0.1, 0.15) is 11.4 Å². The summed E-state index contributed by atoms with van der Waals surface area (Å²) in [4.78, 5) is 30.0. The van der Waals surface area contributed by atoms with E-state index in [9.17, 15) is 9.59 Å². The number of esters is 1. The summed E-state index contributed by atoms with van der Waals surface area (Å²) in [7, 11) is 3.13. The van der Waals surface area contributed by atoms with E-state index in [4.69, 9.17) is 14.2 Å². The SMILES string of the molecule is CCC(C)OC(=O)Cn1cnc2scc(-c3ccc(OC)c(OC)c3)c2c1=O. The molecule has 3 rings (SSSR count). The maximum absolute atomic E-state index is 13.0. The van der Waals surface area contributed by atoms with Crippen LogP contribution in [0.4, 0.5) is 0 Å². The molecule has 3 aromatic rings. The molecule has 1 atom stereocenters. The zero-order chi connectivity index (χ0) is 20.3. The third kappa shape index (κ3) is 3.87. The van der Waals surface area contributed by atoms with E-state index in [0.29, 0.717) is 28.1 Å². The van der Waals surface area contributed by atoms with E-state index in [0.717, 1.165) is 11.1 Å². The first kappa shape index (κ1) is 19.9. The van der Waals surface area contributed by atoms with Crippen LogP contribution in [-0.4, -0.2) is 35.8 Å². The smallest absolute Gasteiger partial charge is 0.326 e. The fraction of sp³-hybridized carbons (Fsp3) is 0.350. The number of aromatic nitrogens is 2. The Morgan fingerprint density at radius 1 is 1.25 bits per heavy atom. The highest BCUT2D eigenvalue weighted by molar-refractivity contribution is 7.17. The molecule has 148 valence electrons. The van der Waals surface area contributed by atoms with Crippen LogP contribution in [-0.2, 0) is 16.1 Å². The Hall–Kier alpha value is -2.87. The van der Waals surface area contributed by atoms with Crippen LogP contribution >= 0.6 is 11.3 Å². The van der Waals surface area contributed by atoms with E-state index in [1.54, 1.807) is 20.3 Å². The van der Waals surface area contributed by atoms with Gasteiger partial charge in [-0.1, -0.05) is 13.0 Å². The Morgan fingerprint density at radius 3 is 2.68 bits per heavy atom. The van der Waals surface area contributed by atoms with Gasteiger partial charge in [-0.3, -0.25) is 14.2 Å². The Labute approximate surface area is 166 Å². The van der Waals surface area contributed by atoms with E-state index in [1.807, 2.05) is 31.4 Å². The number of thiophene rings is 1. The van der Waals surface area contributed by atoms with Crippen LogP contribution in [0.5, 0.6) is 11.5 Å². The van der Waals surface area contributed by atoms with Crippen molar-refractivity contribution in [1.82, 2.24) is 9.55 Å². The maximum Gasteiger partial charge on any atom is 0.326 e. The second-order valence-electron chi connectivity index (χ2n) is 6.29. The number of ether oxygens (including phenoxy) is 3. The minimum absolute atomic E-state index is 0.173. The van der Waals surface area contributed by atoms with Gasteiger partial charge >= 0.3 is 5.97 Å². The summed E-state index contributed by atoms with van der Waals surface area (Å²) in [5.74, 6) is 0.718.